The molecule has 2 atom stereocenters. The fraction of sp³-hybridized carbons (Fsp3) is 0.625. The SMILES string of the molecule is Cc1cnccc1CNC(=O)[C@H]1CCCO[C@@H]1C(C)C. The molecule has 1 aliphatic rings. The Balaban J connectivity index is 1.95. The molecule has 1 aromatic heterocycles. The van der Waals surface area contributed by atoms with E-state index in [4.69, 9.17) is 4.74 Å². The molecule has 1 amide bonds. The van der Waals surface area contributed by atoms with Gasteiger partial charge in [0.1, 0.15) is 0 Å². The van der Waals surface area contributed by atoms with Crippen molar-refractivity contribution in [2.45, 2.75) is 46.3 Å². The highest BCUT2D eigenvalue weighted by molar-refractivity contribution is 5.79. The fourth-order valence-electron chi connectivity index (χ4n) is 2.75. The molecule has 0 saturated carbocycles. The highest BCUT2D eigenvalue weighted by Gasteiger charge is 2.33. The second kappa shape index (κ2) is 6.84. The Morgan fingerprint density at radius 2 is 2.35 bits per heavy atom. The van der Waals surface area contributed by atoms with E-state index >= 15 is 0 Å². The second-order valence-corrected chi connectivity index (χ2v) is 5.85. The van der Waals surface area contributed by atoms with Gasteiger partial charge in [0, 0.05) is 25.5 Å². The van der Waals surface area contributed by atoms with Gasteiger partial charge >= 0.3 is 0 Å². The topological polar surface area (TPSA) is 51.2 Å². The number of aryl methyl sites for hydroxylation is 1. The molecule has 2 heterocycles. The van der Waals surface area contributed by atoms with Gasteiger partial charge in [-0.25, -0.2) is 0 Å². The number of hydrogen-bond donors (Lipinski definition) is 1. The van der Waals surface area contributed by atoms with E-state index in [0.29, 0.717) is 12.5 Å². The van der Waals surface area contributed by atoms with Gasteiger partial charge in [-0.2, -0.15) is 0 Å². The number of pyridine rings is 1. The third-order valence-electron chi connectivity index (χ3n) is 3.95. The lowest BCUT2D eigenvalue weighted by molar-refractivity contribution is -0.137. The van der Waals surface area contributed by atoms with Crippen LogP contribution in [0, 0.1) is 18.8 Å². The molecule has 1 aromatic rings. The largest absolute Gasteiger partial charge is 0.377 e. The summed E-state index contributed by atoms with van der Waals surface area (Å²) in [6.45, 7) is 7.58. The maximum Gasteiger partial charge on any atom is 0.226 e. The van der Waals surface area contributed by atoms with Gasteiger partial charge in [-0.1, -0.05) is 13.8 Å². The summed E-state index contributed by atoms with van der Waals surface area (Å²) in [5, 5.41) is 3.05. The molecule has 0 bridgehead atoms. The van der Waals surface area contributed by atoms with Crippen molar-refractivity contribution in [3.8, 4) is 0 Å². The summed E-state index contributed by atoms with van der Waals surface area (Å²) in [6.07, 6.45) is 5.51. The molecular formula is C16H24N2O2. The highest BCUT2D eigenvalue weighted by atomic mass is 16.5. The maximum atomic E-state index is 12.4. The van der Waals surface area contributed by atoms with E-state index in [0.717, 1.165) is 30.6 Å². The van der Waals surface area contributed by atoms with Crippen molar-refractivity contribution in [2.75, 3.05) is 6.61 Å². The van der Waals surface area contributed by atoms with Gasteiger partial charge in [0.05, 0.1) is 12.0 Å². The first kappa shape index (κ1) is 15.0. The molecule has 1 aliphatic heterocycles. The summed E-state index contributed by atoms with van der Waals surface area (Å²) in [6, 6.07) is 1.95. The first-order valence-electron chi connectivity index (χ1n) is 7.38. The lowest BCUT2D eigenvalue weighted by atomic mass is 9.87. The fourth-order valence-corrected chi connectivity index (χ4v) is 2.75. The number of nitrogens with zero attached hydrogens (tertiary/aromatic N) is 1. The van der Waals surface area contributed by atoms with Crippen molar-refractivity contribution < 1.29 is 9.53 Å². The number of amides is 1. The predicted molar refractivity (Wildman–Crippen MR) is 78.1 cm³/mol. The van der Waals surface area contributed by atoms with Gasteiger partial charge in [-0.3, -0.25) is 9.78 Å². The van der Waals surface area contributed by atoms with E-state index < -0.39 is 0 Å². The van der Waals surface area contributed by atoms with E-state index in [1.807, 2.05) is 19.2 Å². The first-order valence-corrected chi connectivity index (χ1v) is 7.38. The van der Waals surface area contributed by atoms with Crippen molar-refractivity contribution in [1.29, 1.82) is 0 Å². The smallest absolute Gasteiger partial charge is 0.226 e. The molecule has 0 aromatic carbocycles. The summed E-state index contributed by atoms with van der Waals surface area (Å²) < 4.78 is 5.78. The molecule has 1 N–H and O–H groups in total. The molecule has 0 radical (unpaired) electrons. The molecule has 0 unspecified atom stereocenters. The van der Waals surface area contributed by atoms with Crippen molar-refractivity contribution >= 4 is 5.91 Å². The summed E-state index contributed by atoms with van der Waals surface area (Å²) in [7, 11) is 0. The van der Waals surface area contributed by atoms with Gasteiger partial charge in [0.15, 0.2) is 0 Å². The van der Waals surface area contributed by atoms with Crippen LogP contribution in [0.2, 0.25) is 0 Å². The van der Waals surface area contributed by atoms with Crippen LogP contribution < -0.4 is 5.32 Å². The van der Waals surface area contributed by atoms with Gasteiger partial charge in [-0.15, -0.1) is 0 Å². The number of aromatic nitrogens is 1. The average Bonchev–Trinajstić information content (AvgIpc) is 2.46. The lowest BCUT2D eigenvalue weighted by Crippen LogP contribution is -2.43. The van der Waals surface area contributed by atoms with Crippen LogP contribution in [0.1, 0.15) is 37.8 Å². The van der Waals surface area contributed by atoms with Gasteiger partial charge in [0.25, 0.3) is 0 Å². The van der Waals surface area contributed by atoms with Crippen LogP contribution in [-0.4, -0.2) is 23.6 Å². The van der Waals surface area contributed by atoms with Crippen molar-refractivity contribution in [3.05, 3.63) is 29.6 Å². The summed E-state index contributed by atoms with van der Waals surface area (Å²) in [5.41, 5.74) is 2.22. The number of ether oxygens (including phenoxy) is 1. The minimum Gasteiger partial charge on any atom is -0.377 e. The van der Waals surface area contributed by atoms with E-state index in [2.05, 4.69) is 24.1 Å². The number of carbonyl (C=O) groups is 1. The Morgan fingerprint density at radius 1 is 1.55 bits per heavy atom. The molecule has 1 saturated heterocycles. The van der Waals surface area contributed by atoms with Crippen molar-refractivity contribution in [3.63, 3.8) is 0 Å². The Hall–Kier alpha value is -1.42. The summed E-state index contributed by atoms with van der Waals surface area (Å²) >= 11 is 0. The standard InChI is InChI=1S/C16H24N2O2/c1-11(2)15-14(5-4-8-20-15)16(19)18-10-13-6-7-17-9-12(13)3/h6-7,9,11,14-15H,4-5,8,10H2,1-3H3,(H,18,19)/t14-,15+/m0/s1. The highest BCUT2D eigenvalue weighted by Crippen LogP contribution is 2.26. The van der Waals surface area contributed by atoms with E-state index in [9.17, 15) is 4.79 Å². The molecule has 1 fully saturated rings. The van der Waals surface area contributed by atoms with Crippen LogP contribution in [0.4, 0.5) is 0 Å². The second-order valence-electron chi connectivity index (χ2n) is 5.85. The van der Waals surface area contributed by atoms with Crippen LogP contribution in [0.3, 0.4) is 0 Å². The molecule has 4 nitrogen and oxygen atoms in total. The summed E-state index contributed by atoms with van der Waals surface area (Å²) in [4.78, 5) is 16.5. The Labute approximate surface area is 120 Å². The average molecular weight is 276 g/mol. The van der Waals surface area contributed by atoms with Crippen LogP contribution in [0.25, 0.3) is 0 Å². The minimum atomic E-state index is -0.0223. The number of hydrogen-bond acceptors (Lipinski definition) is 3. The van der Waals surface area contributed by atoms with Crippen molar-refractivity contribution in [2.24, 2.45) is 11.8 Å². The molecule has 2 rings (SSSR count). The third-order valence-corrected chi connectivity index (χ3v) is 3.95. The van der Waals surface area contributed by atoms with Crippen LogP contribution in [0.5, 0.6) is 0 Å². The molecule has 20 heavy (non-hydrogen) atoms. The molecule has 0 spiro atoms. The van der Waals surface area contributed by atoms with E-state index in [1.54, 1.807) is 6.20 Å². The third kappa shape index (κ3) is 3.57. The zero-order valence-electron chi connectivity index (χ0n) is 12.6. The van der Waals surface area contributed by atoms with E-state index in [-0.39, 0.29) is 17.9 Å². The lowest BCUT2D eigenvalue weighted by Gasteiger charge is -2.33. The predicted octanol–water partition coefficient (Wildman–Crippen LogP) is 2.46. The number of carbonyl (C=O) groups excluding carboxylic acids is 1. The first-order chi connectivity index (χ1) is 9.59. The van der Waals surface area contributed by atoms with Gasteiger partial charge < -0.3 is 10.1 Å². The Kier molecular flexibility index (Phi) is 5.12. The number of rotatable bonds is 4. The monoisotopic (exact) mass is 276 g/mol. The van der Waals surface area contributed by atoms with Crippen LogP contribution >= 0.6 is 0 Å². The van der Waals surface area contributed by atoms with Gasteiger partial charge in [-0.05, 0) is 42.9 Å². The normalized spacial score (nSPS) is 22.8. The number of nitrogens with one attached hydrogen (secondary N) is 1. The molecule has 0 aliphatic carbocycles. The summed E-state index contributed by atoms with van der Waals surface area (Å²) in [5.74, 6) is 0.458. The zero-order valence-corrected chi connectivity index (χ0v) is 12.6. The molecule has 110 valence electrons. The van der Waals surface area contributed by atoms with Gasteiger partial charge in [0.2, 0.25) is 5.91 Å². The quantitative estimate of drug-likeness (QED) is 0.919. The molecule has 4 heteroatoms. The zero-order chi connectivity index (χ0) is 14.5. The Bertz CT molecular complexity index is 460. The maximum absolute atomic E-state index is 12.4. The molecular weight excluding hydrogens is 252 g/mol. The van der Waals surface area contributed by atoms with Crippen LogP contribution in [-0.2, 0) is 16.1 Å². The Morgan fingerprint density at radius 3 is 3.05 bits per heavy atom. The van der Waals surface area contributed by atoms with E-state index in [1.165, 1.54) is 0 Å². The van der Waals surface area contributed by atoms with Crippen LogP contribution in [0.15, 0.2) is 18.5 Å². The minimum absolute atomic E-state index is 0.0223. The van der Waals surface area contributed by atoms with Crippen molar-refractivity contribution in [1.82, 2.24) is 10.3 Å².